The lowest BCUT2D eigenvalue weighted by Crippen LogP contribution is -2.00. The Balaban J connectivity index is 1.89. The summed E-state index contributed by atoms with van der Waals surface area (Å²) in [5.41, 5.74) is 4.68. The number of fused-ring (bicyclic) bond motifs is 1. The van der Waals surface area contributed by atoms with E-state index in [1.165, 1.54) is 5.56 Å². The van der Waals surface area contributed by atoms with E-state index in [4.69, 9.17) is 16.6 Å². The molecule has 1 heterocycles. The lowest BCUT2D eigenvalue weighted by atomic mass is 10.1. The molecule has 0 spiro atoms. The third-order valence-corrected chi connectivity index (χ3v) is 4.92. The van der Waals surface area contributed by atoms with Gasteiger partial charge in [-0.25, -0.2) is 9.97 Å². The molecule has 1 N–H and O–H groups in total. The van der Waals surface area contributed by atoms with Crippen LogP contribution in [0.4, 0.5) is 11.6 Å². The summed E-state index contributed by atoms with van der Waals surface area (Å²) in [5, 5.41) is 4.90. The van der Waals surface area contributed by atoms with Gasteiger partial charge in [-0.2, -0.15) is 0 Å². The van der Waals surface area contributed by atoms with Crippen LogP contribution in [0.5, 0.6) is 0 Å². The summed E-state index contributed by atoms with van der Waals surface area (Å²) in [7, 11) is 0. The number of hydrogen-bond donors (Lipinski definition) is 1. The molecule has 128 valence electrons. The molecule has 5 heteroatoms. The van der Waals surface area contributed by atoms with Gasteiger partial charge in [0.15, 0.2) is 0 Å². The number of aromatic nitrogens is 2. The van der Waals surface area contributed by atoms with E-state index in [-0.39, 0.29) is 0 Å². The van der Waals surface area contributed by atoms with Gasteiger partial charge < -0.3 is 5.32 Å². The maximum Gasteiger partial charge on any atom is 0.228 e. The Kier molecular flexibility index (Phi) is 4.62. The molecule has 26 heavy (non-hydrogen) atoms. The fourth-order valence-electron chi connectivity index (χ4n) is 2.78. The quantitative estimate of drug-likeness (QED) is 0.394. The molecule has 3 nitrogen and oxygen atoms in total. The number of aryl methyl sites for hydroxylation is 1. The van der Waals surface area contributed by atoms with Crippen molar-refractivity contribution in [2.75, 3.05) is 5.32 Å². The zero-order valence-electron chi connectivity index (χ0n) is 14.0. The first kappa shape index (κ1) is 17.0. The first-order valence-electron chi connectivity index (χ1n) is 8.16. The van der Waals surface area contributed by atoms with Crippen LogP contribution in [0.25, 0.3) is 22.2 Å². The molecule has 0 atom stereocenters. The van der Waals surface area contributed by atoms with Crippen LogP contribution in [0.15, 0.2) is 71.2 Å². The van der Waals surface area contributed by atoms with Crippen molar-refractivity contribution in [1.82, 2.24) is 9.97 Å². The SMILES string of the molecule is Cc1ccc(Nc2nc(-c3ccccc3Cl)c3cc(Br)ccc3n2)cc1. The molecule has 0 saturated heterocycles. The summed E-state index contributed by atoms with van der Waals surface area (Å²) in [4.78, 5) is 9.43. The molecular formula is C21H15BrClN3. The van der Waals surface area contributed by atoms with Gasteiger partial charge >= 0.3 is 0 Å². The third kappa shape index (κ3) is 3.43. The predicted molar refractivity (Wildman–Crippen MR) is 112 cm³/mol. The lowest BCUT2D eigenvalue weighted by Gasteiger charge is -2.12. The smallest absolute Gasteiger partial charge is 0.228 e. The first-order valence-corrected chi connectivity index (χ1v) is 9.33. The Morgan fingerprint density at radius 1 is 0.923 bits per heavy atom. The first-order chi connectivity index (χ1) is 12.6. The fraction of sp³-hybridized carbons (Fsp3) is 0.0476. The summed E-state index contributed by atoms with van der Waals surface area (Å²) < 4.78 is 0.973. The number of hydrogen-bond acceptors (Lipinski definition) is 3. The molecule has 0 amide bonds. The molecule has 0 unspecified atom stereocenters. The van der Waals surface area contributed by atoms with Crippen molar-refractivity contribution in [1.29, 1.82) is 0 Å². The van der Waals surface area contributed by atoms with Crippen LogP contribution in [-0.2, 0) is 0 Å². The Morgan fingerprint density at radius 2 is 1.69 bits per heavy atom. The molecule has 3 aromatic carbocycles. The van der Waals surface area contributed by atoms with Crippen LogP contribution < -0.4 is 5.32 Å². The number of anilines is 2. The topological polar surface area (TPSA) is 37.8 Å². The molecule has 0 aliphatic heterocycles. The second-order valence-electron chi connectivity index (χ2n) is 6.03. The number of halogens is 2. The van der Waals surface area contributed by atoms with Crippen molar-refractivity contribution in [2.45, 2.75) is 6.92 Å². The minimum atomic E-state index is 0.540. The van der Waals surface area contributed by atoms with E-state index < -0.39 is 0 Å². The monoisotopic (exact) mass is 423 g/mol. The Bertz CT molecular complexity index is 1090. The van der Waals surface area contributed by atoms with E-state index >= 15 is 0 Å². The van der Waals surface area contributed by atoms with E-state index in [1.807, 2.05) is 54.6 Å². The van der Waals surface area contributed by atoms with Crippen molar-refractivity contribution in [3.05, 3.63) is 81.8 Å². The number of nitrogens with zero attached hydrogens (tertiary/aromatic N) is 2. The zero-order chi connectivity index (χ0) is 18.1. The molecule has 0 radical (unpaired) electrons. The van der Waals surface area contributed by atoms with Crippen molar-refractivity contribution in [3.8, 4) is 11.3 Å². The Hall–Kier alpha value is -2.43. The van der Waals surface area contributed by atoms with Crippen molar-refractivity contribution in [2.24, 2.45) is 0 Å². The third-order valence-electron chi connectivity index (χ3n) is 4.09. The summed E-state index contributed by atoms with van der Waals surface area (Å²) >= 11 is 9.97. The van der Waals surface area contributed by atoms with E-state index in [1.54, 1.807) is 0 Å². The highest BCUT2D eigenvalue weighted by molar-refractivity contribution is 9.10. The summed E-state index contributed by atoms with van der Waals surface area (Å²) in [6.07, 6.45) is 0. The van der Waals surface area contributed by atoms with Crippen LogP contribution in [0.2, 0.25) is 5.02 Å². The maximum absolute atomic E-state index is 6.44. The van der Waals surface area contributed by atoms with Crippen LogP contribution >= 0.6 is 27.5 Å². The maximum atomic E-state index is 6.44. The Morgan fingerprint density at radius 3 is 2.46 bits per heavy atom. The average Bonchev–Trinajstić information content (AvgIpc) is 2.64. The van der Waals surface area contributed by atoms with Gasteiger partial charge in [0, 0.05) is 26.1 Å². The Labute approximate surface area is 165 Å². The number of benzene rings is 3. The van der Waals surface area contributed by atoms with Gasteiger partial charge in [0.2, 0.25) is 5.95 Å². The van der Waals surface area contributed by atoms with E-state index in [0.717, 1.165) is 32.3 Å². The fourth-order valence-corrected chi connectivity index (χ4v) is 3.37. The number of nitrogens with one attached hydrogen (secondary N) is 1. The van der Waals surface area contributed by atoms with Crippen molar-refractivity contribution in [3.63, 3.8) is 0 Å². The molecule has 4 rings (SSSR count). The number of rotatable bonds is 3. The summed E-state index contributed by atoms with van der Waals surface area (Å²) in [6.45, 7) is 2.06. The van der Waals surface area contributed by atoms with Gasteiger partial charge in [-0.15, -0.1) is 0 Å². The highest BCUT2D eigenvalue weighted by Gasteiger charge is 2.13. The van der Waals surface area contributed by atoms with Gasteiger partial charge in [-0.3, -0.25) is 0 Å². The minimum Gasteiger partial charge on any atom is -0.324 e. The predicted octanol–water partition coefficient (Wildman–Crippen LogP) is 6.76. The molecule has 0 saturated carbocycles. The molecule has 0 fully saturated rings. The van der Waals surface area contributed by atoms with Gasteiger partial charge in [0.05, 0.1) is 11.2 Å². The van der Waals surface area contributed by atoms with Gasteiger partial charge in [-0.1, -0.05) is 63.4 Å². The minimum absolute atomic E-state index is 0.540. The van der Waals surface area contributed by atoms with Gasteiger partial charge in [0.25, 0.3) is 0 Å². The molecular weight excluding hydrogens is 410 g/mol. The second-order valence-corrected chi connectivity index (χ2v) is 7.35. The van der Waals surface area contributed by atoms with Crippen LogP contribution in [0.1, 0.15) is 5.56 Å². The highest BCUT2D eigenvalue weighted by atomic mass is 79.9. The van der Waals surface area contributed by atoms with E-state index in [2.05, 4.69) is 45.3 Å². The van der Waals surface area contributed by atoms with Crippen molar-refractivity contribution < 1.29 is 0 Å². The standard InChI is InChI=1S/C21H15BrClN3/c1-13-6-9-15(10-7-13)24-21-25-19-11-8-14(22)12-17(19)20(26-21)16-4-2-3-5-18(16)23/h2-12H,1H3,(H,24,25,26). The largest absolute Gasteiger partial charge is 0.324 e. The molecule has 1 aromatic heterocycles. The summed E-state index contributed by atoms with van der Waals surface area (Å²) in [6, 6.07) is 21.8. The van der Waals surface area contributed by atoms with Crippen LogP contribution in [0.3, 0.4) is 0 Å². The molecule has 4 aromatic rings. The highest BCUT2D eigenvalue weighted by Crippen LogP contribution is 2.34. The molecule has 0 aliphatic rings. The zero-order valence-corrected chi connectivity index (χ0v) is 16.3. The molecule has 0 bridgehead atoms. The second kappa shape index (κ2) is 7.06. The summed E-state index contributed by atoms with van der Waals surface area (Å²) in [5.74, 6) is 0.540. The van der Waals surface area contributed by atoms with E-state index in [9.17, 15) is 0 Å². The van der Waals surface area contributed by atoms with Gasteiger partial charge in [0.1, 0.15) is 0 Å². The lowest BCUT2D eigenvalue weighted by molar-refractivity contribution is 1.21. The van der Waals surface area contributed by atoms with Gasteiger partial charge in [-0.05, 0) is 43.3 Å². The average molecular weight is 425 g/mol. The van der Waals surface area contributed by atoms with Crippen LogP contribution in [-0.4, -0.2) is 9.97 Å². The van der Waals surface area contributed by atoms with E-state index in [0.29, 0.717) is 11.0 Å². The van der Waals surface area contributed by atoms with Crippen LogP contribution in [0, 0.1) is 6.92 Å². The normalized spacial score (nSPS) is 10.9. The van der Waals surface area contributed by atoms with Crippen molar-refractivity contribution >= 4 is 50.1 Å². The molecule has 0 aliphatic carbocycles.